The molecule has 0 saturated carbocycles. The van der Waals surface area contributed by atoms with Crippen LogP contribution in [0.3, 0.4) is 0 Å². The number of nitriles is 1. The number of hydrogen-bond donors (Lipinski definition) is 0. The standard InChI is InChI=1S/C20H23N3O3S/c1-26-19-8-4-2-6-17(19)10-11-22-12-14-23(15-13-22)27(24,25)20-9-5-3-7-18(20)16-21/h2-9H,10-15H2,1H3. The smallest absolute Gasteiger partial charge is 0.244 e. The molecule has 6 nitrogen and oxygen atoms in total. The molecule has 3 rings (SSSR count). The van der Waals surface area contributed by atoms with Crippen LogP contribution in [0.2, 0.25) is 0 Å². The molecule has 0 aromatic heterocycles. The van der Waals surface area contributed by atoms with E-state index in [0.717, 1.165) is 24.3 Å². The lowest BCUT2D eigenvalue weighted by molar-refractivity contribution is 0.190. The third-order valence-electron chi connectivity index (χ3n) is 4.85. The summed E-state index contributed by atoms with van der Waals surface area (Å²) in [5.74, 6) is 0.881. The predicted octanol–water partition coefficient (Wildman–Crippen LogP) is 2.12. The van der Waals surface area contributed by atoms with E-state index in [1.54, 1.807) is 19.2 Å². The van der Waals surface area contributed by atoms with Crippen LogP contribution in [0.15, 0.2) is 53.4 Å². The molecule has 0 unspecified atom stereocenters. The van der Waals surface area contributed by atoms with E-state index in [0.29, 0.717) is 26.2 Å². The van der Waals surface area contributed by atoms with E-state index in [2.05, 4.69) is 11.0 Å². The number of ether oxygens (including phenoxy) is 1. The van der Waals surface area contributed by atoms with Gasteiger partial charge in [0.1, 0.15) is 11.8 Å². The molecule has 0 amide bonds. The summed E-state index contributed by atoms with van der Waals surface area (Å²) in [6.07, 6.45) is 0.855. The minimum atomic E-state index is -3.64. The van der Waals surface area contributed by atoms with Gasteiger partial charge in [0.25, 0.3) is 0 Å². The molecule has 1 heterocycles. The van der Waals surface area contributed by atoms with E-state index < -0.39 is 10.0 Å². The van der Waals surface area contributed by atoms with E-state index in [1.807, 2.05) is 24.3 Å². The van der Waals surface area contributed by atoms with Gasteiger partial charge in [0.15, 0.2) is 0 Å². The number of piperazine rings is 1. The van der Waals surface area contributed by atoms with Crippen LogP contribution in [0.5, 0.6) is 5.75 Å². The van der Waals surface area contributed by atoms with E-state index in [9.17, 15) is 13.7 Å². The molecule has 0 atom stereocenters. The molecule has 142 valence electrons. The van der Waals surface area contributed by atoms with Crippen LogP contribution < -0.4 is 4.74 Å². The fourth-order valence-electron chi connectivity index (χ4n) is 3.30. The zero-order valence-electron chi connectivity index (χ0n) is 15.3. The highest BCUT2D eigenvalue weighted by molar-refractivity contribution is 7.89. The van der Waals surface area contributed by atoms with Crippen molar-refractivity contribution in [1.82, 2.24) is 9.21 Å². The van der Waals surface area contributed by atoms with Crippen molar-refractivity contribution >= 4 is 10.0 Å². The number of methoxy groups -OCH3 is 1. The topological polar surface area (TPSA) is 73.6 Å². The fourth-order valence-corrected chi connectivity index (χ4v) is 4.87. The number of sulfonamides is 1. The van der Waals surface area contributed by atoms with Crippen molar-refractivity contribution in [3.8, 4) is 11.8 Å². The lowest BCUT2D eigenvalue weighted by atomic mass is 10.1. The van der Waals surface area contributed by atoms with Crippen molar-refractivity contribution in [2.45, 2.75) is 11.3 Å². The average molecular weight is 385 g/mol. The van der Waals surface area contributed by atoms with Crippen molar-refractivity contribution < 1.29 is 13.2 Å². The number of para-hydroxylation sites is 1. The largest absolute Gasteiger partial charge is 0.496 e. The fraction of sp³-hybridized carbons (Fsp3) is 0.350. The zero-order chi connectivity index (χ0) is 19.3. The van der Waals surface area contributed by atoms with Gasteiger partial charge < -0.3 is 9.64 Å². The van der Waals surface area contributed by atoms with Crippen LogP contribution in [-0.4, -0.2) is 57.5 Å². The van der Waals surface area contributed by atoms with Gasteiger partial charge in [-0.15, -0.1) is 0 Å². The van der Waals surface area contributed by atoms with Crippen LogP contribution >= 0.6 is 0 Å². The lowest BCUT2D eigenvalue weighted by Gasteiger charge is -2.34. The third kappa shape index (κ3) is 4.30. The maximum absolute atomic E-state index is 12.9. The molecule has 2 aromatic carbocycles. The minimum absolute atomic E-state index is 0.0926. The second kappa shape index (κ2) is 8.53. The molecule has 0 N–H and O–H groups in total. The molecule has 0 bridgehead atoms. The molecule has 1 fully saturated rings. The van der Waals surface area contributed by atoms with Gasteiger partial charge in [-0.2, -0.15) is 9.57 Å². The van der Waals surface area contributed by atoms with Crippen LogP contribution in [0, 0.1) is 11.3 Å². The molecular formula is C20H23N3O3S. The van der Waals surface area contributed by atoms with Crippen molar-refractivity contribution in [3.63, 3.8) is 0 Å². The summed E-state index contributed by atoms with van der Waals surface area (Å²) >= 11 is 0. The lowest BCUT2D eigenvalue weighted by Crippen LogP contribution is -2.49. The first-order chi connectivity index (χ1) is 13.1. The van der Waals surface area contributed by atoms with E-state index in [1.165, 1.54) is 16.4 Å². The maximum atomic E-state index is 12.9. The highest BCUT2D eigenvalue weighted by Crippen LogP contribution is 2.22. The van der Waals surface area contributed by atoms with E-state index >= 15 is 0 Å². The van der Waals surface area contributed by atoms with Crippen molar-refractivity contribution in [2.75, 3.05) is 39.8 Å². The second-order valence-electron chi connectivity index (χ2n) is 6.42. The molecule has 0 spiro atoms. The molecular weight excluding hydrogens is 362 g/mol. The van der Waals surface area contributed by atoms with Crippen molar-refractivity contribution in [2.24, 2.45) is 0 Å². The predicted molar refractivity (Wildman–Crippen MR) is 103 cm³/mol. The Hall–Kier alpha value is -2.40. The van der Waals surface area contributed by atoms with Gasteiger partial charge >= 0.3 is 0 Å². The summed E-state index contributed by atoms with van der Waals surface area (Å²) in [7, 11) is -1.97. The molecule has 1 aliphatic heterocycles. The third-order valence-corrected chi connectivity index (χ3v) is 6.80. The summed E-state index contributed by atoms with van der Waals surface area (Å²) in [6, 6.07) is 16.3. The van der Waals surface area contributed by atoms with Crippen LogP contribution in [0.25, 0.3) is 0 Å². The van der Waals surface area contributed by atoms with Crippen LogP contribution in [0.4, 0.5) is 0 Å². The minimum Gasteiger partial charge on any atom is -0.496 e. The summed E-state index contributed by atoms with van der Waals surface area (Å²) in [5.41, 5.74) is 1.34. The van der Waals surface area contributed by atoms with E-state index in [4.69, 9.17) is 4.74 Å². The highest BCUT2D eigenvalue weighted by Gasteiger charge is 2.30. The Bertz CT molecular complexity index is 929. The van der Waals surface area contributed by atoms with Gasteiger partial charge in [-0.05, 0) is 30.2 Å². The van der Waals surface area contributed by atoms with E-state index in [-0.39, 0.29) is 10.5 Å². The number of hydrogen-bond acceptors (Lipinski definition) is 5. The highest BCUT2D eigenvalue weighted by atomic mass is 32.2. The normalized spacial score (nSPS) is 16.0. The van der Waals surface area contributed by atoms with Gasteiger partial charge in [0, 0.05) is 32.7 Å². The van der Waals surface area contributed by atoms with Crippen LogP contribution in [-0.2, 0) is 16.4 Å². The number of benzene rings is 2. The van der Waals surface area contributed by atoms with Gasteiger partial charge in [0.05, 0.1) is 17.6 Å². The molecule has 2 aromatic rings. The first kappa shape index (κ1) is 19.4. The Morgan fingerprint density at radius 2 is 1.70 bits per heavy atom. The van der Waals surface area contributed by atoms with Gasteiger partial charge in [-0.3, -0.25) is 0 Å². The van der Waals surface area contributed by atoms with Crippen molar-refractivity contribution in [3.05, 3.63) is 59.7 Å². The SMILES string of the molecule is COc1ccccc1CCN1CCN(S(=O)(=O)c2ccccc2C#N)CC1. The quantitative estimate of drug-likeness (QED) is 0.761. The maximum Gasteiger partial charge on any atom is 0.244 e. The Morgan fingerprint density at radius 3 is 2.41 bits per heavy atom. The Balaban J connectivity index is 1.61. The van der Waals surface area contributed by atoms with Crippen LogP contribution in [0.1, 0.15) is 11.1 Å². The number of nitrogens with zero attached hydrogens (tertiary/aromatic N) is 3. The van der Waals surface area contributed by atoms with Gasteiger partial charge in [-0.25, -0.2) is 8.42 Å². The Kier molecular flexibility index (Phi) is 6.11. The molecule has 0 aliphatic carbocycles. The van der Waals surface area contributed by atoms with Gasteiger partial charge in [-0.1, -0.05) is 30.3 Å². The first-order valence-corrected chi connectivity index (χ1v) is 10.3. The molecule has 0 radical (unpaired) electrons. The monoisotopic (exact) mass is 385 g/mol. The molecule has 27 heavy (non-hydrogen) atoms. The molecule has 7 heteroatoms. The summed E-state index contributed by atoms with van der Waals surface area (Å²) in [6.45, 7) is 3.04. The first-order valence-electron chi connectivity index (χ1n) is 8.90. The summed E-state index contributed by atoms with van der Waals surface area (Å²) in [5, 5.41) is 9.19. The Morgan fingerprint density at radius 1 is 1.04 bits per heavy atom. The van der Waals surface area contributed by atoms with Crippen molar-refractivity contribution in [1.29, 1.82) is 5.26 Å². The average Bonchev–Trinajstić information content (AvgIpc) is 2.72. The van der Waals surface area contributed by atoms with Gasteiger partial charge in [0.2, 0.25) is 10.0 Å². The zero-order valence-corrected chi connectivity index (χ0v) is 16.2. The summed E-state index contributed by atoms with van der Waals surface area (Å²) in [4.78, 5) is 2.35. The second-order valence-corrected chi connectivity index (χ2v) is 8.32. The Labute approximate surface area is 160 Å². The molecule has 1 saturated heterocycles. The molecule has 1 aliphatic rings. The number of rotatable bonds is 6. The summed E-state index contributed by atoms with van der Waals surface area (Å²) < 4.78 is 32.6.